The second-order valence-corrected chi connectivity index (χ2v) is 17.6. The Morgan fingerprint density at radius 1 is 0.560 bits per heavy atom. The van der Waals surface area contributed by atoms with Gasteiger partial charge in [-0.15, -0.1) is 0 Å². The molecular weight excluding hydrogens is 962 g/mol. The highest BCUT2D eigenvalue weighted by molar-refractivity contribution is 5.83. The van der Waals surface area contributed by atoms with Gasteiger partial charge in [0.1, 0.15) is 22.6 Å². The van der Waals surface area contributed by atoms with Gasteiger partial charge in [0.05, 0.1) is 22.8 Å². The summed E-state index contributed by atoms with van der Waals surface area (Å²) in [5, 5.41) is 4.87. The molecule has 7 heterocycles. The number of pyridine rings is 2. The van der Waals surface area contributed by atoms with Crippen molar-refractivity contribution >= 4 is 54.9 Å². The van der Waals surface area contributed by atoms with E-state index in [0.717, 1.165) is 101 Å². The Hall–Kier alpha value is -6.82. The number of imidazole rings is 1. The zero-order valence-corrected chi connectivity index (χ0v) is 44.1. The number of alkyl halides is 3. The summed E-state index contributed by atoms with van der Waals surface area (Å²) in [6.45, 7) is 7.88. The van der Waals surface area contributed by atoms with E-state index in [1.807, 2.05) is 74.2 Å². The summed E-state index contributed by atoms with van der Waals surface area (Å²) in [5.74, 6) is 0.187. The Bertz CT molecular complexity index is 3000. The van der Waals surface area contributed by atoms with E-state index in [4.69, 9.17) is 32.5 Å². The van der Waals surface area contributed by atoms with E-state index < -0.39 is 12.0 Å². The third-order valence-electron chi connectivity index (χ3n) is 12.3. The van der Waals surface area contributed by atoms with Crippen LogP contribution in [-0.2, 0) is 62.3 Å². The minimum atomic E-state index is -4.44. The number of halogens is 3. The third-order valence-corrected chi connectivity index (χ3v) is 12.3. The minimum Gasteiger partial charge on any atom is -0.464 e. The number of ether oxygens (including phenoxy) is 5. The molecule has 7 aromatic heterocycles. The summed E-state index contributed by atoms with van der Waals surface area (Å²) in [5.41, 5.74) is 7.73. The maximum atomic E-state index is 12.9. The van der Waals surface area contributed by atoms with Crippen LogP contribution < -0.4 is 0 Å². The van der Waals surface area contributed by atoms with Crippen LogP contribution >= 0.6 is 0 Å². The number of fused-ring (bicyclic) bond motifs is 5. The van der Waals surface area contributed by atoms with Gasteiger partial charge in [-0.2, -0.15) is 13.2 Å². The van der Waals surface area contributed by atoms with Crippen LogP contribution in [0.4, 0.5) is 13.2 Å². The van der Waals surface area contributed by atoms with E-state index in [1.54, 1.807) is 52.7 Å². The predicted octanol–water partition coefficient (Wildman–Crippen LogP) is 13.6. The lowest BCUT2D eigenvalue weighted by molar-refractivity contribution is -0.147. The zero-order chi connectivity index (χ0) is 53.3. The fourth-order valence-electron chi connectivity index (χ4n) is 8.64. The molecule has 0 saturated carbocycles. The summed E-state index contributed by atoms with van der Waals surface area (Å²) in [6.07, 6.45) is 13.8. The number of hydrogen-bond acceptors (Lipinski definition) is 10. The monoisotopic (exact) mass is 1030 g/mol. The van der Waals surface area contributed by atoms with Crippen molar-refractivity contribution < 1.29 is 45.7 Å². The molecule has 16 heteroatoms. The van der Waals surface area contributed by atoms with Crippen LogP contribution in [0.5, 0.6) is 0 Å². The van der Waals surface area contributed by atoms with Crippen molar-refractivity contribution in [3.05, 3.63) is 163 Å². The molecule has 0 aliphatic heterocycles. The highest BCUT2D eigenvalue weighted by Gasteiger charge is 2.37. The smallest absolute Gasteiger partial charge is 0.449 e. The summed E-state index contributed by atoms with van der Waals surface area (Å²) in [4.78, 5) is 12.1. The molecule has 0 atom stereocenters. The van der Waals surface area contributed by atoms with E-state index in [2.05, 4.69) is 72.9 Å². The van der Waals surface area contributed by atoms with Crippen LogP contribution in [0.25, 0.3) is 54.9 Å². The van der Waals surface area contributed by atoms with Crippen molar-refractivity contribution in [3.8, 4) is 0 Å². The number of furan rings is 2. The van der Waals surface area contributed by atoms with Crippen LogP contribution in [0, 0.1) is 6.92 Å². The number of rotatable bonds is 20. The number of aryl methyl sites for hydroxylation is 6. The van der Waals surface area contributed by atoms with Crippen LogP contribution in [-0.4, -0.2) is 97.2 Å². The molecule has 400 valence electrons. The largest absolute Gasteiger partial charge is 0.464 e. The highest BCUT2D eigenvalue weighted by Crippen LogP contribution is 2.32. The molecule has 0 spiro atoms. The van der Waals surface area contributed by atoms with Gasteiger partial charge in [0, 0.05) is 146 Å². The topological polar surface area (TPSA) is 126 Å². The number of benzene rings is 3. The third kappa shape index (κ3) is 16.8. The lowest BCUT2D eigenvalue weighted by atomic mass is 10.1. The summed E-state index contributed by atoms with van der Waals surface area (Å²) in [7, 11) is 8.45. The van der Waals surface area contributed by atoms with Gasteiger partial charge in [-0.3, -0.25) is 4.98 Å². The van der Waals surface area contributed by atoms with Crippen molar-refractivity contribution in [3.63, 3.8) is 0 Å². The maximum absolute atomic E-state index is 12.9. The van der Waals surface area contributed by atoms with Crippen molar-refractivity contribution in [2.24, 2.45) is 0 Å². The standard InChI is InChI=1S/C13H16O2.C12H13F3N2O.C12H14O2.2C11H14N2O/c1-10-11(7-5-9-14-2)12-6-3-4-8-13(12)15-10;1-18-8-4-7-17-10-6-3-2-5-9(10)16-11(17)12(13,14)15;1-13-8-4-5-10-9-14-12-7-3-2-6-11(10)12;1-14-8-2-6-13-7-4-10-9-12-5-3-11(10)13;1-14-9-3-7-13-8-5-10-4-2-6-12-11(10)13/h3-4,6,8H,5,7,9H2,1-2H3;2-3,5-6H,4,7-8H2,1H3;2-3,6-7,9H,4-5,8H2,1H3;3-5,7,9H,2,6,8H2,1H3;2,4-6,8H,3,7,9H2,1H3. The first kappa shape index (κ1) is 57.5. The summed E-state index contributed by atoms with van der Waals surface area (Å²) < 4.78 is 80.4. The molecule has 75 heavy (non-hydrogen) atoms. The summed E-state index contributed by atoms with van der Waals surface area (Å²) >= 11 is 0. The Labute approximate surface area is 437 Å². The van der Waals surface area contributed by atoms with Gasteiger partial charge in [-0.05, 0) is 112 Å². The molecule has 0 aliphatic rings. The van der Waals surface area contributed by atoms with E-state index in [1.165, 1.54) is 49.9 Å². The van der Waals surface area contributed by atoms with Crippen molar-refractivity contribution in [2.45, 2.75) is 77.7 Å². The number of aromatic nitrogens is 6. The maximum Gasteiger partial charge on any atom is 0.449 e. The van der Waals surface area contributed by atoms with E-state index in [-0.39, 0.29) is 6.54 Å². The predicted molar refractivity (Wildman–Crippen MR) is 291 cm³/mol. The molecule has 10 rings (SSSR count). The van der Waals surface area contributed by atoms with Gasteiger partial charge in [0.25, 0.3) is 0 Å². The fraction of sp³-hybridized carbons (Fsp3) is 0.373. The Morgan fingerprint density at radius 3 is 1.88 bits per heavy atom. The molecule has 0 fully saturated rings. The van der Waals surface area contributed by atoms with Crippen molar-refractivity contribution in [2.75, 3.05) is 68.6 Å². The first-order chi connectivity index (χ1) is 36.6. The van der Waals surface area contributed by atoms with E-state index in [9.17, 15) is 13.2 Å². The van der Waals surface area contributed by atoms with Crippen molar-refractivity contribution in [1.82, 2.24) is 28.7 Å². The molecule has 0 amide bonds. The Kier molecular flexibility index (Phi) is 23.4. The first-order valence-corrected chi connectivity index (χ1v) is 25.3. The molecule has 13 nitrogen and oxygen atoms in total. The second-order valence-electron chi connectivity index (χ2n) is 17.6. The molecule has 0 unspecified atom stereocenters. The average molecular weight is 1030 g/mol. The van der Waals surface area contributed by atoms with Gasteiger partial charge in [-0.1, -0.05) is 48.5 Å². The Balaban J connectivity index is 0.000000153. The van der Waals surface area contributed by atoms with Gasteiger partial charge in [0.2, 0.25) is 5.82 Å². The van der Waals surface area contributed by atoms with Crippen molar-refractivity contribution in [1.29, 1.82) is 0 Å². The number of nitrogens with zero attached hydrogens (tertiary/aromatic N) is 6. The molecule has 0 N–H and O–H groups in total. The SMILES string of the molecule is COCCCc1c(C)oc2ccccc12.COCCCc1coc2ccccc12.COCCCn1c(C(F)(F)F)nc2ccccc21.COCCCn1ccc2cccnc21.COCCCn1ccc2cnccc21. The average Bonchev–Trinajstić information content (AvgIpc) is 4.28. The molecule has 0 radical (unpaired) electrons. The van der Waals surface area contributed by atoms with Crippen LogP contribution in [0.3, 0.4) is 0 Å². The van der Waals surface area contributed by atoms with Gasteiger partial charge in [-0.25, -0.2) is 9.97 Å². The lowest BCUT2D eigenvalue weighted by Gasteiger charge is -2.10. The second kappa shape index (κ2) is 30.5. The number of methoxy groups -OCH3 is 5. The van der Waals surface area contributed by atoms with E-state index >= 15 is 0 Å². The van der Waals surface area contributed by atoms with Gasteiger partial charge in [0.15, 0.2) is 0 Å². The quantitative estimate of drug-likeness (QED) is 0.0681. The van der Waals surface area contributed by atoms with Crippen LogP contribution in [0.1, 0.15) is 54.8 Å². The highest BCUT2D eigenvalue weighted by atomic mass is 19.4. The van der Waals surface area contributed by atoms with Crippen LogP contribution in [0.15, 0.2) is 149 Å². The van der Waals surface area contributed by atoms with Gasteiger partial charge >= 0.3 is 6.18 Å². The van der Waals surface area contributed by atoms with Gasteiger partial charge < -0.3 is 46.2 Å². The number of hydrogen-bond donors (Lipinski definition) is 0. The summed E-state index contributed by atoms with van der Waals surface area (Å²) in [6, 6.07) is 33.2. The zero-order valence-electron chi connectivity index (χ0n) is 44.1. The number of para-hydroxylation sites is 4. The Morgan fingerprint density at radius 2 is 1.16 bits per heavy atom. The molecular formula is C59H71F3N6O7. The molecule has 3 aromatic carbocycles. The normalized spacial score (nSPS) is 11.3. The molecule has 0 aliphatic carbocycles. The molecule has 0 bridgehead atoms. The molecule has 0 saturated heterocycles. The first-order valence-electron chi connectivity index (χ1n) is 25.3. The van der Waals surface area contributed by atoms with Crippen LogP contribution in [0.2, 0.25) is 0 Å². The minimum absolute atomic E-state index is 0.239. The molecule has 10 aromatic rings. The lowest BCUT2D eigenvalue weighted by Crippen LogP contribution is -2.15. The fourth-order valence-corrected chi connectivity index (χ4v) is 8.64. The van der Waals surface area contributed by atoms with E-state index in [0.29, 0.717) is 24.1 Å².